The predicted octanol–water partition coefficient (Wildman–Crippen LogP) is 3.00. The number of nitrogens with one attached hydrogen (secondary N) is 2. The van der Waals surface area contributed by atoms with Gasteiger partial charge in [0.25, 0.3) is 5.91 Å². The van der Waals surface area contributed by atoms with Gasteiger partial charge in [0.1, 0.15) is 12.4 Å². The van der Waals surface area contributed by atoms with Crippen molar-refractivity contribution in [1.29, 1.82) is 0 Å². The second-order valence-electron chi connectivity index (χ2n) is 6.18. The molecule has 1 saturated heterocycles. The van der Waals surface area contributed by atoms with Gasteiger partial charge in [-0.05, 0) is 50.0 Å². The Bertz CT molecular complexity index is 652. The van der Waals surface area contributed by atoms with Gasteiger partial charge in [-0.15, -0.1) is 0 Å². The van der Waals surface area contributed by atoms with Crippen molar-refractivity contribution >= 4 is 5.91 Å². The monoisotopic (exact) mass is 324 g/mol. The second-order valence-corrected chi connectivity index (χ2v) is 6.18. The molecule has 1 atom stereocenters. The number of rotatable bonds is 6. The minimum atomic E-state index is -0.0205. The molecule has 1 aliphatic heterocycles. The van der Waals surface area contributed by atoms with Crippen molar-refractivity contribution in [3.05, 3.63) is 65.7 Å². The van der Waals surface area contributed by atoms with E-state index in [0.29, 0.717) is 18.1 Å². The minimum absolute atomic E-state index is 0.0205. The third-order valence-corrected chi connectivity index (χ3v) is 4.35. The average molecular weight is 324 g/mol. The van der Waals surface area contributed by atoms with E-state index in [-0.39, 0.29) is 5.91 Å². The largest absolute Gasteiger partial charge is 0.489 e. The number of ether oxygens (including phenoxy) is 1. The molecule has 0 saturated carbocycles. The molecule has 1 aliphatic rings. The van der Waals surface area contributed by atoms with Crippen LogP contribution in [0, 0.1) is 5.92 Å². The first-order valence-electron chi connectivity index (χ1n) is 8.57. The highest BCUT2D eigenvalue weighted by molar-refractivity contribution is 5.95. The molecule has 4 nitrogen and oxygen atoms in total. The van der Waals surface area contributed by atoms with Crippen molar-refractivity contribution in [3.8, 4) is 5.75 Å². The van der Waals surface area contributed by atoms with Gasteiger partial charge >= 0.3 is 0 Å². The molecule has 0 bridgehead atoms. The maximum absolute atomic E-state index is 12.5. The van der Waals surface area contributed by atoms with E-state index in [4.69, 9.17) is 4.74 Å². The zero-order chi connectivity index (χ0) is 16.6. The Morgan fingerprint density at radius 1 is 1.12 bits per heavy atom. The Kier molecular flexibility index (Phi) is 5.85. The van der Waals surface area contributed by atoms with E-state index in [9.17, 15) is 4.79 Å². The van der Waals surface area contributed by atoms with Crippen molar-refractivity contribution < 1.29 is 9.53 Å². The summed E-state index contributed by atoms with van der Waals surface area (Å²) in [5.41, 5.74) is 1.60. The Morgan fingerprint density at radius 3 is 2.71 bits per heavy atom. The van der Waals surface area contributed by atoms with E-state index in [1.807, 2.05) is 54.6 Å². The first kappa shape index (κ1) is 16.5. The van der Waals surface area contributed by atoms with Gasteiger partial charge in [-0.25, -0.2) is 0 Å². The summed E-state index contributed by atoms with van der Waals surface area (Å²) in [6.45, 7) is 3.18. The maximum atomic E-state index is 12.5. The molecule has 3 rings (SSSR count). The van der Waals surface area contributed by atoms with Crippen molar-refractivity contribution in [2.75, 3.05) is 19.6 Å². The Balaban J connectivity index is 1.59. The molecule has 126 valence electrons. The molecule has 2 aromatic carbocycles. The third-order valence-electron chi connectivity index (χ3n) is 4.35. The van der Waals surface area contributed by atoms with E-state index in [1.54, 1.807) is 0 Å². The molecule has 2 aromatic rings. The molecule has 1 heterocycles. The molecule has 0 spiro atoms. The van der Waals surface area contributed by atoms with Crippen LogP contribution in [0.5, 0.6) is 5.75 Å². The summed E-state index contributed by atoms with van der Waals surface area (Å²) in [7, 11) is 0. The standard InChI is InChI=1S/C20H24N2O2/c23-20(22-14-16-7-6-12-21-13-16)19-11-5-4-8-17(19)15-24-18-9-2-1-3-10-18/h1-5,8-11,16,21H,6-7,12-15H2,(H,22,23). The number of piperidine rings is 1. The minimum Gasteiger partial charge on any atom is -0.489 e. The van der Waals surface area contributed by atoms with E-state index in [1.165, 1.54) is 12.8 Å². The third kappa shape index (κ3) is 4.59. The highest BCUT2D eigenvalue weighted by Crippen LogP contribution is 2.15. The first-order valence-corrected chi connectivity index (χ1v) is 8.57. The van der Waals surface area contributed by atoms with Crippen LogP contribution in [-0.4, -0.2) is 25.5 Å². The van der Waals surface area contributed by atoms with Gasteiger partial charge in [0.2, 0.25) is 0 Å². The average Bonchev–Trinajstić information content (AvgIpc) is 2.66. The van der Waals surface area contributed by atoms with Gasteiger partial charge in [0.15, 0.2) is 0 Å². The van der Waals surface area contributed by atoms with Crippen LogP contribution in [0.1, 0.15) is 28.8 Å². The normalized spacial score (nSPS) is 17.2. The number of hydrogen-bond acceptors (Lipinski definition) is 3. The molecule has 1 unspecified atom stereocenters. The summed E-state index contributed by atoms with van der Waals surface area (Å²) >= 11 is 0. The van der Waals surface area contributed by atoms with Gasteiger partial charge in [-0.3, -0.25) is 4.79 Å². The topological polar surface area (TPSA) is 50.4 Å². The molecule has 0 radical (unpaired) electrons. The van der Waals surface area contributed by atoms with Gasteiger partial charge < -0.3 is 15.4 Å². The fourth-order valence-electron chi connectivity index (χ4n) is 2.98. The molecule has 1 amide bonds. The molecule has 24 heavy (non-hydrogen) atoms. The molecule has 0 aromatic heterocycles. The summed E-state index contributed by atoms with van der Waals surface area (Å²) in [4.78, 5) is 12.5. The number of benzene rings is 2. The zero-order valence-electron chi connectivity index (χ0n) is 13.8. The number of para-hydroxylation sites is 1. The molecule has 1 fully saturated rings. The predicted molar refractivity (Wildman–Crippen MR) is 95.1 cm³/mol. The molecule has 2 N–H and O–H groups in total. The van der Waals surface area contributed by atoms with E-state index < -0.39 is 0 Å². The van der Waals surface area contributed by atoms with Crippen LogP contribution < -0.4 is 15.4 Å². The SMILES string of the molecule is O=C(NCC1CCCNC1)c1ccccc1COc1ccccc1. The summed E-state index contributed by atoms with van der Waals surface area (Å²) in [5.74, 6) is 1.31. The Labute approximate surface area is 143 Å². The quantitative estimate of drug-likeness (QED) is 0.859. The van der Waals surface area contributed by atoms with Crippen LogP contribution in [0.25, 0.3) is 0 Å². The second kappa shape index (κ2) is 8.50. The van der Waals surface area contributed by atoms with Crippen molar-refractivity contribution in [2.45, 2.75) is 19.4 Å². The van der Waals surface area contributed by atoms with Crippen molar-refractivity contribution in [2.24, 2.45) is 5.92 Å². The summed E-state index contributed by atoms with van der Waals surface area (Å²) < 4.78 is 5.79. The van der Waals surface area contributed by atoms with Gasteiger partial charge in [0.05, 0.1) is 0 Å². The fraction of sp³-hybridized carbons (Fsp3) is 0.350. The molecular weight excluding hydrogens is 300 g/mol. The van der Waals surface area contributed by atoms with E-state index in [2.05, 4.69) is 10.6 Å². The smallest absolute Gasteiger partial charge is 0.251 e. The molecular formula is C20H24N2O2. The highest BCUT2D eigenvalue weighted by atomic mass is 16.5. The van der Waals surface area contributed by atoms with E-state index >= 15 is 0 Å². The number of amides is 1. The lowest BCUT2D eigenvalue weighted by atomic mass is 9.99. The van der Waals surface area contributed by atoms with Gasteiger partial charge in [-0.1, -0.05) is 36.4 Å². The lowest BCUT2D eigenvalue weighted by molar-refractivity contribution is 0.0942. The number of hydrogen-bond donors (Lipinski definition) is 2. The molecule has 4 heteroatoms. The fourth-order valence-corrected chi connectivity index (χ4v) is 2.98. The summed E-state index contributed by atoms with van der Waals surface area (Å²) in [5, 5.41) is 6.45. The maximum Gasteiger partial charge on any atom is 0.251 e. The lowest BCUT2D eigenvalue weighted by Gasteiger charge is -2.23. The van der Waals surface area contributed by atoms with Crippen LogP contribution >= 0.6 is 0 Å². The van der Waals surface area contributed by atoms with Gasteiger partial charge in [0, 0.05) is 17.7 Å². The van der Waals surface area contributed by atoms with Crippen LogP contribution in [0.15, 0.2) is 54.6 Å². The summed E-state index contributed by atoms with van der Waals surface area (Å²) in [6, 6.07) is 17.3. The Hall–Kier alpha value is -2.33. The van der Waals surface area contributed by atoms with Crippen molar-refractivity contribution in [1.82, 2.24) is 10.6 Å². The van der Waals surface area contributed by atoms with E-state index in [0.717, 1.165) is 30.9 Å². The number of carbonyl (C=O) groups excluding carboxylic acids is 1. The zero-order valence-corrected chi connectivity index (χ0v) is 13.8. The lowest BCUT2D eigenvalue weighted by Crippen LogP contribution is -2.38. The van der Waals surface area contributed by atoms with Crippen LogP contribution in [0.2, 0.25) is 0 Å². The Morgan fingerprint density at radius 2 is 1.92 bits per heavy atom. The molecule has 0 aliphatic carbocycles. The van der Waals surface area contributed by atoms with Gasteiger partial charge in [-0.2, -0.15) is 0 Å². The van der Waals surface area contributed by atoms with Crippen LogP contribution in [0.4, 0.5) is 0 Å². The first-order chi connectivity index (χ1) is 11.8. The number of carbonyl (C=O) groups is 1. The van der Waals surface area contributed by atoms with Crippen LogP contribution in [0.3, 0.4) is 0 Å². The summed E-state index contributed by atoms with van der Waals surface area (Å²) in [6.07, 6.45) is 2.36. The van der Waals surface area contributed by atoms with Crippen molar-refractivity contribution in [3.63, 3.8) is 0 Å². The highest BCUT2D eigenvalue weighted by Gasteiger charge is 2.16. The van der Waals surface area contributed by atoms with Crippen LogP contribution in [-0.2, 0) is 6.61 Å².